The van der Waals surface area contributed by atoms with Crippen molar-refractivity contribution in [2.75, 3.05) is 19.7 Å². The van der Waals surface area contributed by atoms with Crippen molar-refractivity contribution >= 4 is 6.21 Å². The first-order valence-corrected chi connectivity index (χ1v) is 7.70. The molecule has 0 amide bonds. The Morgan fingerprint density at radius 3 is 2.77 bits per heavy atom. The van der Waals surface area contributed by atoms with E-state index in [0.717, 1.165) is 12.0 Å². The van der Waals surface area contributed by atoms with E-state index in [1.165, 1.54) is 6.21 Å². The molecule has 1 atom stereocenters. The fourth-order valence-electron chi connectivity index (χ4n) is 2.03. The van der Waals surface area contributed by atoms with Gasteiger partial charge in [-0.05, 0) is 25.8 Å². The smallest absolute Gasteiger partial charge is 0.227 e. The molecule has 0 saturated carbocycles. The molecule has 0 saturated heterocycles. The van der Waals surface area contributed by atoms with E-state index >= 15 is 0 Å². The van der Waals surface area contributed by atoms with Crippen LogP contribution in [-0.2, 0) is 4.74 Å². The molecule has 0 aromatic rings. The second-order valence-corrected chi connectivity index (χ2v) is 4.74. The van der Waals surface area contributed by atoms with Crippen molar-refractivity contribution in [2.45, 2.75) is 33.5 Å². The zero-order valence-corrected chi connectivity index (χ0v) is 13.7. The largest absolute Gasteiger partial charge is 0.356 e. The lowest BCUT2D eigenvalue weighted by Gasteiger charge is -2.30. The van der Waals surface area contributed by atoms with Crippen molar-refractivity contribution in [3.63, 3.8) is 0 Å². The fraction of sp³-hybridized carbons (Fsp3) is 0.471. The van der Waals surface area contributed by atoms with E-state index in [0.29, 0.717) is 25.5 Å². The zero-order valence-electron chi connectivity index (χ0n) is 13.7. The first-order valence-electron chi connectivity index (χ1n) is 7.70. The van der Waals surface area contributed by atoms with E-state index in [2.05, 4.69) is 29.9 Å². The Kier molecular flexibility index (Phi) is 8.22. The van der Waals surface area contributed by atoms with Crippen LogP contribution in [0.2, 0.25) is 0 Å². The molecule has 1 aliphatic heterocycles. The van der Waals surface area contributed by atoms with Crippen molar-refractivity contribution in [3.8, 4) is 0 Å². The van der Waals surface area contributed by atoms with Gasteiger partial charge in [-0.2, -0.15) is 0 Å². The number of allylic oxidation sites excluding steroid dienone is 4. The Balaban J connectivity index is 2.66. The number of hydrogen-bond acceptors (Lipinski definition) is 4. The highest BCUT2D eigenvalue weighted by Gasteiger charge is 2.20. The maximum Gasteiger partial charge on any atom is 0.227 e. The van der Waals surface area contributed by atoms with Crippen LogP contribution in [0.3, 0.4) is 0 Å². The molecule has 1 N–H and O–H groups in total. The van der Waals surface area contributed by atoms with E-state index in [-0.39, 0.29) is 5.83 Å². The topological polar surface area (TPSA) is 36.9 Å². The van der Waals surface area contributed by atoms with Crippen LogP contribution < -0.4 is 5.32 Å². The van der Waals surface area contributed by atoms with Gasteiger partial charge in [0.2, 0.25) is 6.35 Å². The maximum atomic E-state index is 13.9. The Labute approximate surface area is 132 Å². The molecule has 22 heavy (non-hydrogen) atoms. The fourth-order valence-corrected chi connectivity index (χ4v) is 2.03. The minimum absolute atomic E-state index is 0.365. The monoisotopic (exact) mass is 307 g/mol. The Bertz CT molecular complexity index is 476. The van der Waals surface area contributed by atoms with Gasteiger partial charge in [0.1, 0.15) is 5.82 Å². The summed E-state index contributed by atoms with van der Waals surface area (Å²) < 4.78 is 19.6. The van der Waals surface area contributed by atoms with Gasteiger partial charge in [0.25, 0.3) is 0 Å². The van der Waals surface area contributed by atoms with Crippen LogP contribution in [-0.4, -0.2) is 37.2 Å². The third-order valence-corrected chi connectivity index (χ3v) is 3.20. The lowest BCUT2D eigenvalue weighted by molar-refractivity contribution is 0.0500. The molecule has 0 spiro atoms. The summed E-state index contributed by atoms with van der Waals surface area (Å²) in [4.78, 5) is 5.93. The van der Waals surface area contributed by atoms with Gasteiger partial charge >= 0.3 is 0 Å². The Morgan fingerprint density at radius 2 is 2.18 bits per heavy atom. The lowest BCUT2D eigenvalue weighted by Crippen LogP contribution is -2.41. The van der Waals surface area contributed by atoms with E-state index in [4.69, 9.17) is 4.74 Å². The van der Waals surface area contributed by atoms with Gasteiger partial charge in [-0.25, -0.2) is 9.38 Å². The van der Waals surface area contributed by atoms with Crippen LogP contribution in [0.4, 0.5) is 4.39 Å². The van der Waals surface area contributed by atoms with E-state index in [1.54, 1.807) is 6.08 Å². The summed E-state index contributed by atoms with van der Waals surface area (Å²) in [7, 11) is 0. The standard InChI is InChI=1S/C17H26FN3O/c1-5-9-11-14(10-6-2)13-22-17-19-12-15(18)16(20-17)21(7-3)8-4/h6,9-12,17,20H,2,5,7-8,13H2,1,3-4H3/b11-9-,14-10+. The molecular weight excluding hydrogens is 281 g/mol. The summed E-state index contributed by atoms with van der Waals surface area (Å²) in [6, 6.07) is 0. The molecular formula is C17H26FN3O. The number of rotatable bonds is 9. The SMILES string of the molecule is C=C/C=C(\C=C/CC)COC1N=CC(F)=C(N(CC)CC)N1. The predicted octanol–water partition coefficient (Wildman–Crippen LogP) is 3.52. The predicted molar refractivity (Wildman–Crippen MR) is 90.1 cm³/mol. The molecule has 122 valence electrons. The van der Waals surface area contributed by atoms with Crippen LogP contribution >= 0.6 is 0 Å². The second kappa shape index (κ2) is 9.95. The summed E-state index contributed by atoms with van der Waals surface area (Å²) in [5.74, 6) is 0.0691. The summed E-state index contributed by atoms with van der Waals surface area (Å²) in [6.07, 6.45) is 9.24. The van der Waals surface area contributed by atoms with Crippen LogP contribution in [0.25, 0.3) is 0 Å². The first-order chi connectivity index (χ1) is 10.7. The second-order valence-electron chi connectivity index (χ2n) is 4.74. The highest BCUT2D eigenvalue weighted by atomic mass is 19.1. The molecule has 1 aliphatic rings. The summed E-state index contributed by atoms with van der Waals surface area (Å²) in [5, 5.41) is 2.99. The number of ether oxygens (including phenoxy) is 1. The van der Waals surface area contributed by atoms with E-state index < -0.39 is 6.35 Å². The van der Waals surface area contributed by atoms with Gasteiger partial charge in [-0.3, -0.25) is 0 Å². The van der Waals surface area contributed by atoms with Gasteiger partial charge < -0.3 is 15.0 Å². The lowest BCUT2D eigenvalue weighted by atomic mass is 10.2. The van der Waals surface area contributed by atoms with Crippen molar-refractivity contribution in [1.29, 1.82) is 0 Å². The number of halogens is 1. The number of hydrogen-bond donors (Lipinski definition) is 1. The Hall–Kier alpha value is -1.88. The molecule has 1 heterocycles. The summed E-state index contributed by atoms with van der Waals surface area (Å²) in [6.45, 7) is 11.5. The van der Waals surface area contributed by atoms with Crippen molar-refractivity contribution in [1.82, 2.24) is 10.2 Å². The average Bonchev–Trinajstić information content (AvgIpc) is 2.53. The highest BCUT2D eigenvalue weighted by molar-refractivity contribution is 5.77. The van der Waals surface area contributed by atoms with Crippen LogP contribution in [0.5, 0.6) is 0 Å². The van der Waals surface area contributed by atoms with E-state index in [1.807, 2.05) is 30.9 Å². The van der Waals surface area contributed by atoms with Crippen molar-refractivity contribution < 1.29 is 9.13 Å². The average molecular weight is 307 g/mol. The molecule has 0 aliphatic carbocycles. The van der Waals surface area contributed by atoms with Crippen molar-refractivity contribution in [2.24, 2.45) is 4.99 Å². The minimum Gasteiger partial charge on any atom is -0.356 e. The normalized spacial score (nSPS) is 18.7. The van der Waals surface area contributed by atoms with Gasteiger partial charge in [-0.15, -0.1) is 0 Å². The number of nitrogens with zero attached hydrogens (tertiary/aromatic N) is 2. The van der Waals surface area contributed by atoms with Crippen LogP contribution in [0, 0.1) is 0 Å². The van der Waals surface area contributed by atoms with Gasteiger partial charge in [0.15, 0.2) is 5.83 Å². The van der Waals surface area contributed by atoms with Crippen LogP contribution in [0.15, 0.2) is 53.1 Å². The number of aliphatic imine (C=N–C) groups is 1. The summed E-state index contributed by atoms with van der Waals surface area (Å²) >= 11 is 0. The Morgan fingerprint density at radius 1 is 1.45 bits per heavy atom. The quantitative estimate of drug-likeness (QED) is 0.662. The molecule has 1 unspecified atom stereocenters. The molecule has 0 aromatic heterocycles. The molecule has 0 fully saturated rings. The molecule has 0 bridgehead atoms. The molecule has 1 rings (SSSR count). The van der Waals surface area contributed by atoms with E-state index in [9.17, 15) is 4.39 Å². The van der Waals surface area contributed by atoms with Crippen molar-refractivity contribution in [3.05, 3.63) is 48.1 Å². The third-order valence-electron chi connectivity index (χ3n) is 3.20. The molecule has 0 radical (unpaired) electrons. The minimum atomic E-state index is -0.585. The molecule has 0 aromatic carbocycles. The zero-order chi connectivity index (χ0) is 16.4. The maximum absolute atomic E-state index is 13.9. The van der Waals surface area contributed by atoms with Gasteiger partial charge in [0, 0.05) is 13.1 Å². The first kappa shape index (κ1) is 18.2. The third kappa shape index (κ3) is 5.48. The highest BCUT2D eigenvalue weighted by Crippen LogP contribution is 2.14. The van der Waals surface area contributed by atoms with Gasteiger partial charge in [0.05, 0.1) is 12.8 Å². The number of nitrogens with one attached hydrogen (secondary N) is 1. The molecule has 5 heteroatoms. The summed E-state index contributed by atoms with van der Waals surface area (Å²) in [5.41, 5.74) is 0.994. The van der Waals surface area contributed by atoms with Crippen LogP contribution in [0.1, 0.15) is 27.2 Å². The van der Waals surface area contributed by atoms with Gasteiger partial charge in [-0.1, -0.05) is 37.8 Å². The molecule has 4 nitrogen and oxygen atoms in total.